The fourth-order valence-electron chi connectivity index (χ4n) is 2.78. The third-order valence-corrected chi connectivity index (χ3v) is 4.36. The van der Waals surface area contributed by atoms with E-state index in [1.165, 1.54) is 11.8 Å². The number of piperazine rings is 1. The van der Waals surface area contributed by atoms with Crippen molar-refractivity contribution in [2.75, 3.05) is 26.2 Å². The third-order valence-electron chi connectivity index (χ3n) is 4.36. The van der Waals surface area contributed by atoms with Gasteiger partial charge in [0.1, 0.15) is 13.2 Å². The minimum atomic E-state index is -1.88. The Morgan fingerprint density at radius 3 is 2.37 bits per heavy atom. The van der Waals surface area contributed by atoms with Gasteiger partial charge in [-0.05, 0) is 12.5 Å². The van der Waals surface area contributed by atoms with Crippen molar-refractivity contribution < 1.29 is 23.9 Å². The maximum atomic E-state index is 12.7. The maximum Gasteiger partial charge on any atom is 0.325 e. The number of amides is 3. The molecule has 2 rings (SSSR count). The summed E-state index contributed by atoms with van der Waals surface area (Å²) in [5.74, 6) is -2.89. The monoisotopic (exact) mass is 398 g/mol. The van der Waals surface area contributed by atoms with Gasteiger partial charge >= 0.3 is 5.97 Å². The Balaban J connectivity index is 0.00000364. The Kier molecular flexibility index (Phi) is 7.74. The first-order valence-electron chi connectivity index (χ1n) is 8.10. The lowest BCUT2D eigenvalue weighted by Crippen LogP contribution is -2.71. The van der Waals surface area contributed by atoms with Gasteiger partial charge in [0, 0.05) is 13.1 Å². The first-order valence-corrected chi connectivity index (χ1v) is 8.10. The molecule has 4 N–H and O–H groups in total. The molecule has 0 spiro atoms. The van der Waals surface area contributed by atoms with Crippen LogP contribution in [0, 0.1) is 0 Å². The minimum Gasteiger partial charge on any atom is -0.459 e. The van der Waals surface area contributed by atoms with Crippen molar-refractivity contribution in [3.63, 3.8) is 0 Å². The van der Waals surface area contributed by atoms with Crippen molar-refractivity contribution >= 4 is 36.1 Å². The molecule has 10 heteroatoms. The van der Waals surface area contributed by atoms with Gasteiger partial charge in [-0.15, -0.1) is 12.4 Å². The van der Waals surface area contributed by atoms with E-state index < -0.39 is 29.2 Å². The van der Waals surface area contributed by atoms with Gasteiger partial charge in [0.2, 0.25) is 5.91 Å². The molecule has 0 saturated carbocycles. The average Bonchev–Trinajstić information content (AvgIpc) is 2.64. The minimum absolute atomic E-state index is 0. The van der Waals surface area contributed by atoms with Crippen LogP contribution in [0.2, 0.25) is 0 Å². The zero-order chi connectivity index (χ0) is 19.3. The van der Waals surface area contributed by atoms with Gasteiger partial charge in [-0.1, -0.05) is 30.3 Å². The summed E-state index contributed by atoms with van der Waals surface area (Å²) in [6.07, 6.45) is 0. The predicted molar refractivity (Wildman–Crippen MR) is 98.4 cm³/mol. The number of halogens is 1. The van der Waals surface area contributed by atoms with Crippen LogP contribution < -0.4 is 11.5 Å². The van der Waals surface area contributed by atoms with E-state index in [9.17, 15) is 19.2 Å². The molecule has 1 atom stereocenters. The van der Waals surface area contributed by atoms with Gasteiger partial charge in [0.15, 0.2) is 5.54 Å². The predicted octanol–water partition coefficient (Wildman–Crippen LogP) is -0.975. The summed E-state index contributed by atoms with van der Waals surface area (Å²) in [6.45, 7) is 0.773. The molecule has 3 amide bonds. The first kappa shape index (κ1) is 22.4. The van der Waals surface area contributed by atoms with Crippen LogP contribution in [-0.2, 0) is 30.5 Å². The lowest BCUT2D eigenvalue weighted by Gasteiger charge is -2.45. The highest BCUT2D eigenvalue weighted by Crippen LogP contribution is 2.23. The fraction of sp³-hybridized carbons (Fsp3) is 0.412. The Hall–Kier alpha value is -2.65. The molecule has 148 valence electrons. The molecule has 1 aromatic carbocycles. The van der Waals surface area contributed by atoms with Gasteiger partial charge in [-0.2, -0.15) is 0 Å². The average molecular weight is 399 g/mol. The Bertz CT molecular complexity index is 715. The fourth-order valence-corrected chi connectivity index (χ4v) is 2.78. The zero-order valence-electron chi connectivity index (χ0n) is 14.9. The van der Waals surface area contributed by atoms with Crippen LogP contribution in [0.1, 0.15) is 12.5 Å². The summed E-state index contributed by atoms with van der Waals surface area (Å²) in [5, 5.41) is 0. The van der Waals surface area contributed by atoms with Crippen LogP contribution in [0.15, 0.2) is 30.3 Å². The van der Waals surface area contributed by atoms with E-state index in [1.54, 1.807) is 12.1 Å². The molecule has 9 nitrogen and oxygen atoms in total. The maximum absolute atomic E-state index is 12.7. The second-order valence-corrected chi connectivity index (χ2v) is 6.06. The number of rotatable bonds is 6. The highest BCUT2D eigenvalue weighted by Gasteiger charge is 2.52. The van der Waals surface area contributed by atoms with Crippen molar-refractivity contribution in [1.29, 1.82) is 0 Å². The van der Waals surface area contributed by atoms with Crippen LogP contribution in [0.5, 0.6) is 0 Å². The molecule has 1 aliphatic heterocycles. The Morgan fingerprint density at radius 2 is 1.81 bits per heavy atom. The van der Waals surface area contributed by atoms with Crippen LogP contribution >= 0.6 is 12.4 Å². The molecule has 1 heterocycles. The van der Waals surface area contributed by atoms with Crippen molar-refractivity contribution in [3.8, 4) is 0 Å². The second kappa shape index (κ2) is 9.33. The summed E-state index contributed by atoms with van der Waals surface area (Å²) in [6, 6.07) is 9.09. The van der Waals surface area contributed by atoms with E-state index >= 15 is 0 Å². The van der Waals surface area contributed by atoms with Crippen molar-refractivity contribution in [1.82, 2.24) is 9.80 Å². The summed E-state index contributed by atoms with van der Waals surface area (Å²) in [4.78, 5) is 50.8. The second-order valence-electron chi connectivity index (χ2n) is 6.06. The van der Waals surface area contributed by atoms with E-state index in [0.717, 1.165) is 10.5 Å². The van der Waals surface area contributed by atoms with E-state index in [0.29, 0.717) is 0 Å². The third kappa shape index (κ3) is 4.75. The van der Waals surface area contributed by atoms with E-state index in [4.69, 9.17) is 16.2 Å². The molecule has 0 aromatic heterocycles. The molecule has 1 aliphatic rings. The smallest absolute Gasteiger partial charge is 0.325 e. The van der Waals surface area contributed by atoms with Gasteiger partial charge in [0.25, 0.3) is 11.8 Å². The molecule has 0 radical (unpaired) electrons. The van der Waals surface area contributed by atoms with Crippen LogP contribution in [-0.4, -0.2) is 65.2 Å². The SMILES string of the molecule is C[C@]1(C(N)=O)C(=O)N(CC(=O)OCc2ccccc2)CCN1C(=O)CN.Cl. The first-order chi connectivity index (χ1) is 12.3. The van der Waals surface area contributed by atoms with Gasteiger partial charge in [0.05, 0.1) is 6.54 Å². The molecule has 0 aliphatic carbocycles. The van der Waals surface area contributed by atoms with Crippen molar-refractivity contribution in [2.24, 2.45) is 11.5 Å². The van der Waals surface area contributed by atoms with Gasteiger partial charge in [-0.25, -0.2) is 0 Å². The van der Waals surface area contributed by atoms with E-state index in [2.05, 4.69) is 0 Å². The normalized spacial score (nSPS) is 19.3. The number of nitrogens with two attached hydrogens (primary N) is 2. The zero-order valence-corrected chi connectivity index (χ0v) is 15.7. The van der Waals surface area contributed by atoms with Crippen LogP contribution in [0.25, 0.3) is 0 Å². The number of hydrogen-bond acceptors (Lipinski definition) is 6. The molecular formula is C17H23ClN4O5. The molecule has 0 bridgehead atoms. The van der Waals surface area contributed by atoms with Gasteiger partial charge < -0.3 is 26.0 Å². The Morgan fingerprint density at radius 1 is 1.19 bits per heavy atom. The summed E-state index contributed by atoms with van der Waals surface area (Å²) in [5.41, 5.74) is 9.63. The molecule has 0 unspecified atom stereocenters. The number of ether oxygens (including phenoxy) is 1. The Labute approximate surface area is 163 Å². The number of benzene rings is 1. The molecule has 27 heavy (non-hydrogen) atoms. The molecular weight excluding hydrogens is 376 g/mol. The standard InChI is InChI=1S/C17H22N4O5.ClH/c1-17(15(19)24)16(25)20(7-8-21(17)13(22)9-18)10-14(23)26-11-12-5-3-2-4-6-12;/h2-6H,7-11,18H2,1H3,(H2,19,24);1H/t17-;/m0./s1. The van der Waals surface area contributed by atoms with Crippen LogP contribution in [0.4, 0.5) is 0 Å². The van der Waals surface area contributed by atoms with Crippen LogP contribution in [0.3, 0.4) is 0 Å². The molecule has 1 aromatic rings. The summed E-state index contributed by atoms with van der Waals surface area (Å²) < 4.78 is 5.15. The van der Waals surface area contributed by atoms with Crippen molar-refractivity contribution in [3.05, 3.63) is 35.9 Å². The molecule has 1 saturated heterocycles. The number of nitrogens with zero attached hydrogens (tertiary/aromatic N) is 2. The van der Waals surface area contributed by atoms with Gasteiger partial charge in [-0.3, -0.25) is 19.2 Å². The number of carbonyl (C=O) groups is 4. The molecule has 1 fully saturated rings. The highest BCUT2D eigenvalue weighted by atomic mass is 35.5. The summed E-state index contributed by atoms with van der Waals surface area (Å²) in [7, 11) is 0. The number of esters is 1. The lowest BCUT2D eigenvalue weighted by molar-refractivity contribution is -0.167. The number of primary amides is 1. The summed E-state index contributed by atoms with van der Waals surface area (Å²) >= 11 is 0. The van der Waals surface area contributed by atoms with Crippen molar-refractivity contribution in [2.45, 2.75) is 19.1 Å². The largest absolute Gasteiger partial charge is 0.459 e. The topological polar surface area (TPSA) is 136 Å². The highest BCUT2D eigenvalue weighted by molar-refractivity contribution is 6.12. The van der Waals surface area contributed by atoms with E-state index in [-0.39, 0.29) is 45.2 Å². The van der Waals surface area contributed by atoms with E-state index in [1.807, 2.05) is 18.2 Å². The quantitative estimate of drug-likeness (QED) is 0.467. The lowest BCUT2D eigenvalue weighted by atomic mass is 9.93. The number of carbonyl (C=O) groups excluding carboxylic acids is 4. The number of hydrogen-bond donors (Lipinski definition) is 2.